The first-order chi connectivity index (χ1) is 13.3. The van der Waals surface area contributed by atoms with Gasteiger partial charge >= 0.3 is 0 Å². The molecule has 1 atom stereocenters. The molecule has 3 rings (SSSR count). The molecule has 0 saturated carbocycles. The molecule has 0 bridgehead atoms. The highest BCUT2D eigenvalue weighted by molar-refractivity contribution is 7.88. The summed E-state index contributed by atoms with van der Waals surface area (Å²) in [4.78, 5) is 14.5. The zero-order chi connectivity index (χ0) is 20.1. The first-order valence-corrected chi connectivity index (χ1v) is 11.2. The molecule has 1 amide bonds. The first-order valence-electron chi connectivity index (χ1n) is 9.17. The Labute approximate surface area is 171 Å². The summed E-state index contributed by atoms with van der Waals surface area (Å²) < 4.78 is 26.8. The summed E-state index contributed by atoms with van der Waals surface area (Å²) in [6.45, 7) is 3.61. The number of sulfonamides is 1. The SMILES string of the molecule is C[C@@H](C(=O)Nc1cccc(Cl)c1)N1CCN(S(=O)(=O)Cc2ccccc2)CC1. The van der Waals surface area contributed by atoms with Gasteiger partial charge in [-0.15, -0.1) is 0 Å². The average molecular weight is 422 g/mol. The lowest BCUT2D eigenvalue weighted by Gasteiger charge is -2.36. The highest BCUT2D eigenvalue weighted by atomic mass is 35.5. The second kappa shape index (κ2) is 9.05. The lowest BCUT2D eigenvalue weighted by atomic mass is 10.2. The molecule has 0 aromatic heterocycles. The van der Waals surface area contributed by atoms with Crippen LogP contribution in [0.15, 0.2) is 54.6 Å². The maximum Gasteiger partial charge on any atom is 0.241 e. The number of hydrogen-bond acceptors (Lipinski definition) is 4. The molecule has 1 fully saturated rings. The lowest BCUT2D eigenvalue weighted by Crippen LogP contribution is -2.54. The first kappa shape index (κ1) is 20.8. The molecule has 2 aromatic carbocycles. The second-order valence-electron chi connectivity index (χ2n) is 6.85. The van der Waals surface area contributed by atoms with E-state index in [1.165, 1.54) is 4.31 Å². The Hall–Kier alpha value is -1.93. The third-order valence-corrected chi connectivity index (χ3v) is 6.96. The fourth-order valence-electron chi connectivity index (χ4n) is 3.22. The largest absolute Gasteiger partial charge is 0.325 e. The number of nitrogens with one attached hydrogen (secondary N) is 1. The van der Waals surface area contributed by atoms with Gasteiger partial charge in [0.05, 0.1) is 11.8 Å². The fourth-order valence-corrected chi connectivity index (χ4v) is 4.93. The zero-order valence-electron chi connectivity index (χ0n) is 15.7. The molecule has 2 aromatic rings. The van der Waals surface area contributed by atoms with Crippen LogP contribution in [0.4, 0.5) is 5.69 Å². The molecular formula is C20H24ClN3O3S. The Morgan fingerprint density at radius 3 is 2.39 bits per heavy atom. The van der Waals surface area contributed by atoms with Gasteiger partial charge in [-0.2, -0.15) is 4.31 Å². The smallest absolute Gasteiger partial charge is 0.241 e. The molecule has 1 heterocycles. The van der Waals surface area contributed by atoms with Crippen molar-refractivity contribution < 1.29 is 13.2 Å². The average Bonchev–Trinajstić information content (AvgIpc) is 2.68. The van der Waals surface area contributed by atoms with E-state index in [0.29, 0.717) is 36.9 Å². The number of anilines is 1. The van der Waals surface area contributed by atoms with Crippen LogP contribution in [0.25, 0.3) is 0 Å². The van der Waals surface area contributed by atoms with E-state index in [1.54, 1.807) is 24.3 Å². The van der Waals surface area contributed by atoms with E-state index in [-0.39, 0.29) is 17.7 Å². The van der Waals surface area contributed by atoms with Crippen molar-refractivity contribution in [2.24, 2.45) is 0 Å². The van der Waals surface area contributed by atoms with Crippen LogP contribution in [0.3, 0.4) is 0 Å². The number of nitrogens with zero attached hydrogens (tertiary/aromatic N) is 2. The zero-order valence-corrected chi connectivity index (χ0v) is 17.3. The summed E-state index contributed by atoms with van der Waals surface area (Å²) in [6, 6.07) is 15.8. The van der Waals surface area contributed by atoms with Gasteiger partial charge in [-0.05, 0) is 30.7 Å². The molecule has 28 heavy (non-hydrogen) atoms. The van der Waals surface area contributed by atoms with Crippen LogP contribution >= 0.6 is 11.6 Å². The third-order valence-electron chi connectivity index (χ3n) is 4.88. The van der Waals surface area contributed by atoms with E-state index in [9.17, 15) is 13.2 Å². The van der Waals surface area contributed by atoms with Crippen molar-refractivity contribution in [2.75, 3.05) is 31.5 Å². The predicted octanol–water partition coefficient (Wildman–Crippen LogP) is 2.81. The van der Waals surface area contributed by atoms with Gasteiger partial charge in [0.2, 0.25) is 15.9 Å². The van der Waals surface area contributed by atoms with Gasteiger partial charge in [0.25, 0.3) is 0 Å². The van der Waals surface area contributed by atoms with Crippen LogP contribution in [0.2, 0.25) is 5.02 Å². The standard InChI is InChI=1S/C20H24ClN3O3S/c1-16(20(25)22-19-9-5-8-18(21)14-19)23-10-12-24(13-11-23)28(26,27)15-17-6-3-2-4-7-17/h2-9,14,16H,10-13,15H2,1H3,(H,22,25)/t16-/m0/s1. The molecule has 1 N–H and O–H groups in total. The van der Waals surface area contributed by atoms with E-state index in [1.807, 2.05) is 42.2 Å². The van der Waals surface area contributed by atoms with Crippen LogP contribution in [0, 0.1) is 0 Å². The van der Waals surface area contributed by atoms with E-state index >= 15 is 0 Å². The maximum absolute atomic E-state index is 12.7. The second-order valence-corrected chi connectivity index (χ2v) is 9.26. The molecule has 150 valence electrons. The van der Waals surface area contributed by atoms with Crippen LogP contribution in [0.5, 0.6) is 0 Å². The number of benzene rings is 2. The molecule has 0 radical (unpaired) electrons. The molecule has 1 aliphatic heterocycles. The van der Waals surface area contributed by atoms with Crippen molar-refractivity contribution in [3.8, 4) is 0 Å². The summed E-state index contributed by atoms with van der Waals surface area (Å²) in [6.07, 6.45) is 0. The van der Waals surface area contributed by atoms with Crippen molar-refractivity contribution in [2.45, 2.75) is 18.7 Å². The molecule has 0 aliphatic carbocycles. The van der Waals surface area contributed by atoms with Gasteiger partial charge in [0.1, 0.15) is 0 Å². The van der Waals surface area contributed by atoms with Crippen molar-refractivity contribution in [3.05, 3.63) is 65.2 Å². The molecule has 1 saturated heterocycles. The third kappa shape index (κ3) is 5.32. The number of amides is 1. The van der Waals surface area contributed by atoms with Crippen molar-refractivity contribution in [1.82, 2.24) is 9.21 Å². The molecule has 6 nitrogen and oxygen atoms in total. The molecule has 1 aliphatic rings. The Balaban J connectivity index is 1.54. The highest BCUT2D eigenvalue weighted by Crippen LogP contribution is 2.18. The summed E-state index contributed by atoms with van der Waals surface area (Å²) in [5, 5.41) is 3.42. The minimum Gasteiger partial charge on any atom is -0.325 e. The molecule has 0 spiro atoms. The normalized spacial score (nSPS) is 17.2. The van der Waals surface area contributed by atoms with E-state index in [0.717, 1.165) is 5.56 Å². The van der Waals surface area contributed by atoms with Crippen LogP contribution in [-0.4, -0.2) is 55.8 Å². The summed E-state index contributed by atoms with van der Waals surface area (Å²) in [7, 11) is -3.37. The summed E-state index contributed by atoms with van der Waals surface area (Å²) in [5.74, 6) is -0.138. The number of hydrogen-bond donors (Lipinski definition) is 1. The minimum atomic E-state index is -3.37. The lowest BCUT2D eigenvalue weighted by molar-refractivity contribution is -0.121. The number of piperazine rings is 1. The van der Waals surface area contributed by atoms with Crippen LogP contribution < -0.4 is 5.32 Å². The predicted molar refractivity (Wildman–Crippen MR) is 112 cm³/mol. The summed E-state index contributed by atoms with van der Waals surface area (Å²) in [5.41, 5.74) is 1.42. The van der Waals surface area contributed by atoms with Crippen LogP contribution in [0.1, 0.15) is 12.5 Å². The number of carbonyl (C=O) groups excluding carboxylic acids is 1. The number of halogens is 1. The quantitative estimate of drug-likeness (QED) is 0.778. The van der Waals surface area contributed by atoms with Gasteiger partial charge in [-0.25, -0.2) is 8.42 Å². The Morgan fingerprint density at radius 2 is 1.75 bits per heavy atom. The Kier molecular flexibility index (Phi) is 6.72. The maximum atomic E-state index is 12.7. The van der Waals surface area contributed by atoms with Crippen molar-refractivity contribution in [3.63, 3.8) is 0 Å². The van der Waals surface area contributed by atoms with Gasteiger partial charge < -0.3 is 5.32 Å². The van der Waals surface area contributed by atoms with Gasteiger partial charge in [-0.3, -0.25) is 9.69 Å². The van der Waals surface area contributed by atoms with Crippen LogP contribution in [-0.2, 0) is 20.6 Å². The number of carbonyl (C=O) groups is 1. The van der Waals surface area contributed by atoms with E-state index < -0.39 is 10.0 Å². The number of rotatable bonds is 6. The van der Waals surface area contributed by atoms with Gasteiger partial charge in [-0.1, -0.05) is 48.0 Å². The molecule has 0 unspecified atom stereocenters. The van der Waals surface area contributed by atoms with E-state index in [4.69, 9.17) is 11.6 Å². The molecule has 8 heteroatoms. The topological polar surface area (TPSA) is 69.7 Å². The summed E-state index contributed by atoms with van der Waals surface area (Å²) >= 11 is 5.95. The van der Waals surface area contributed by atoms with E-state index in [2.05, 4.69) is 5.32 Å². The fraction of sp³-hybridized carbons (Fsp3) is 0.350. The van der Waals surface area contributed by atoms with Crippen molar-refractivity contribution >= 4 is 33.2 Å². The monoisotopic (exact) mass is 421 g/mol. The van der Waals surface area contributed by atoms with Gasteiger partial charge in [0, 0.05) is 36.9 Å². The van der Waals surface area contributed by atoms with Crippen molar-refractivity contribution in [1.29, 1.82) is 0 Å². The Bertz CT molecular complexity index is 913. The minimum absolute atomic E-state index is 0.00134. The Morgan fingerprint density at radius 1 is 1.07 bits per heavy atom. The van der Waals surface area contributed by atoms with Gasteiger partial charge in [0.15, 0.2) is 0 Å². The highest BCUT2D eigenvalue weighted by Gasteiger charge is 2.30. The molecular weight excluding hydrogens is 398 g/mol.